The third-order valence-corrected chi connectivity index (χ3v) is 3.17. The fourth-order valence-corrected chi connectivity index (χ4v) is 2.17. The van der Waals surface area contributed by atoms with Crippen LogP contribution >= 0.6 is 0 Å². The van der Waals surface area contributed by atoms with Crippen LogP contribution in [0, 0.1) is 11.3 Å². The molecule has 104 valence electrons. The Kier molecular flexibility index (Phi) is 4.36. The van der Waals surface area contributed by atoms with E-state index in [-0.39, 0.29) is 6.04 Å². The average Bonchev–Trinajstić information content (AvgIpc) is 2.46. The Morgan fingerprint density at radius 1 is 1.30 bits per heavy atom. The zero-order valence-electron chi connectivity index (χ0n) is 12.1. The summed E-state index contributed by atoms with van der Waals surface area (Å²) in [5.41, 5.74) is 0.907. The summed E-state index contributed by atoms with van der Waals surface area (Å²) in [6.07, 6.45) is 0.478. The van der Waals surface area contributed by atoms with Crippen molar-refractivity contribution in [2.75, 3.05) is 23.8 Å². The quantitative estimate of drug-likeness (QED) is 0.904. The van der Waals surface area contributed by atoms with Crippen LogP contribution in [-0.4, -0.2) is 29.6 Å². The van der Waals surface area contributed by atoms with Gasteiger partial charge in [0.05, 0.1) is 18.0 Å². The molecule has 0 amide bonds. The summed E-state index contributed by atoms with van der Waals surface area (Å²) in [4.78, 5) is 11.2. The third kappa shape index (κ3) is 2.80. The van der Waals surface area contributed by atoms with E-state index in [1.165, 1.54) is 0 Å². The van der Waals surface area contributed by atoms with E-state index < -0.39 is 0 Å². The van der Waals surface area contributed by atoms with Gasteiger partial charge in [0.1, 0.15) is 5.82 Å². The van der Waals surface area contributed by atoms with Crippen molar-refractivity contribution >= 4 is 22.7 Å². The lowest BCUT2D eigenvalue weighted by atomic mass is 10.2. The number of hydrogen-bond donors (Lipinski definition) is 1. The number of hydrogen-bond acceptors (Lipinski definition) is 5. The second-order valence-corrected chi connectivity index (χ2v) is 4.83. The molecular formula is C15H19N5. The summed E-state index contributed by atoms with van der Waals surface area (Å²) < 4.78 is 0. The minimum atomic E-state index is 0.270. The van der Waals surface area contributed by atoms with Crippen molar-refractivity contribution in [2.24, 2.45) is 0 Å². The maximum atomic E-state index is 8.84. The van der Waals surface area contributed by atoms with Crippen molar-refractivity contribution in [2.45, 2.75) is 26.3 Å². The van der Waals surface area contributed by atoms with Gasteiger partial charge in [0, 0.05) is 25.0 Å². The molecule has 0 spiro atoms. The molecule has 2 aromatic rings. The number of nitrogens with one attached hydrogen (secondary N) is 1. The number of rotatable bonds is 5. The number of fused-ring (bicyclic) bond motifs is 1. The topological polar surface area (TPSA) is 64.8 Å². The van der Waals surface area contributed by atoms with Gasteiger partial charge in [-0.1, -0.05) is 12.1 Å². The SMILES string of the molecule is CNc1nc(N(CCC#N)C(C)C)c2ccccc2n1. The van der Waals surface area contributed by atoms with E-state index in [0.29, 0.717) is 18.9 Å². The number of anilines is 2. The first-order chi connectivity index (χ1) is 9.67. The molecule has 0 unspecified atom stereocenters. The summed E-state index contributed by atoms with van der Waals surface area (Å²) >= 11 is 0. The van der Waals surface area contributed by atoms with Crippen molar-refractivity contribution in [1.29, 1.82) is 5.26 Å². The lowest BCUT2D eigenvalue weighted by Crippen LogP contribution is -2.32. The Labute approximate surface area is 119 Å². The normalized spacial score (nSPS) is 10.6. The van der Waals surface area contributed by atoms with Crippen LogP contribution in [0.25, 0.3) is 10.9 Å². The van der Waals surface area contributed by atoms with Gasteiger partial charge in [0.25, 0.3) is 0 Å². The zero-order chi connectivity index (χ0) is 14.5. The highest BCUT2D eigenvalue weighted by molar-refractivity contribution is 5.90. The number of nitrogens with zero attached hydrogens (tertiary/aromatic N) is 4. The van der Waals surface area contributed by atoms with E-state index >= 15 is 0 Å². The molecule has 0 radical (unpaired) electrons. The van der Waals surface area contributed by atoms with Crippen LogP contribution in [0.3, 0.4) is 0 Å². The first-order valence-electron chi connectivity index (χ1n) is 6.75. The lowest BCUT2D eigenvalue weighted by Gasteiger charge is -2.28. The first kappa shape index (κ1) is 14.1. The van der Waals surface area contributed by atoms with E-state index in [0.717, 1.165) is 16.7 Å². The van der Waals surface area contributed by atoms with Gasteiger partial charge in [0.15, 0.2) is 0 Å². The van der Waals surface area contributed by atoms with E-state index in [2.05, 4.69) is 40.1 Å². The number of benzene rings is 1. The second-order valence-electron chi connectivity index (χ2n) is 4.83. The van der Waals surface area contributed by atoms with Gasteiger partial charge in [-0.15, -0.1) is 0 Å². The molecule has 1 aromatic heterocycles. The second kappa shape index (κ2) is 6.20. The molecule has 5 nitrogen and oxygen atoms in total. The molecule has 1 heterocycles. The first-order valence-corrected chi connectivity index (χ1v) is 6.75. The highest BCUT2D eigenvalue weighted by atomic mass is 15.2. The van der Waals surface area contributed by atoms with Crippen molar-refractivity contribution in [3.05, 3.63) is 24.3 Å². The molecule has 2 rings (SSSR count). The van der Waals surface area contributed by atoms with Crippen LogP contribution in [0.5, 0.6) is 0 Å². The third-order valence-electron chi connectivity index (χ3n) is 3.17. The zero-order valence-corrected chi connectivity index (χ0v) is 12.1. The molecule has 20 heavy (non-hydrogen) atoms. The fraction of sp³-hybridized carbons (Fsp3) is 0.400. The highest BCUT2D eigenvalue weighted by Gasteiger charge is 2.16. The van der Waals surface area contributed by atoms with Gasteiger partial charge >= 0.3 is 0 Å². The Morgan fingerprint density at radius 3 is 2.70 bits per heavy atom. The maximum absolute atomic E-state index is 8.84. The van der Waals surface area contributed by atoms with Gasteiger partial charge < -0.3 is 10.2 Å². The van der Waals surface area contributed by atoms with Crippen LogP contribution in [-0.2, 0) is 0 Å². The van der Waals surface area contributed by atoms with Crippen molar-refractivity contribution in [3.63, 3.8) is 0 Å². The fourth-order valence-electron chi connectivity index (χ4n) is 2.17. The van der Waals surface area contributed by atoms with Gasteiger partial charge in [-0.2, -0.15) is 10.2 Å². The summed E-state index contributed by atoms with van der Waals surface area (Å²) in [6, 6.07) is 10.4. The van der Waals surface area contributed by atoms with Crippen molar-refractivity contribution in [1.82, 2.24) is 9.97 Å². The van der Waals surface area contributed by atoms with Gasteiger partial charge in [0.2, 0.25) is 5.95 Å². The molecule has 5 heteroatoms. The molecule has 1 aromatic carbocycles. The summed E-state index contributed by atoms with van der Waals surface area (Å²) in [5.74, 6) is 1.48. The lowest BCUT2D eigenvalue weighted by molar-refractivity contribution is 0.679. The number of nitriles is 1. The molecule has 0 aliphatic carbocycles. The van der Waals surface area contributed by atoms with Gasteiger partial charge in [-0.3, -0.25) is 0 Å². The van der Waals surface area contributed by atoms with Crippen molar-refractivity contribution < 1.29 is 0 Å². The maximum Gasteiger partial charge on any atom is 0.224 e. The molecule has 0 saturated heterocycles. The summed E-state index contributed by atoms with van der Waals surface area (Å²) in [6.45, 7) is 4.87. The van der Waals surface area contributed by atoms with E-state index in [4.69, 9.17) is 5.26 Å². The van der Waals surface area contributed by atoms with Gasteiger partial charge in [-0.05, 0) is 26.0 Å². The predicted molar refractivity (Wildman–Crippen MR) is 81.8 cm³/mol. The highest BCUT2D eigenvalue weighted by Crippen LogP contribution is 2.26. The van der Waals surface area contributed by atoms with Crippen LogP contribution in [0.4, 0.5) is 11.8 Å². The smallest absolute Gasteiger partial charge is 0.224 e. The molecule has 0 fully saturated rings. The Bertz CT molecular complexity index is 630. The summed E-state index contributed by atoms with van der Waals surface area (Å²) in [7, 11) is 1.81. The van der Waals surface area contributed by atoms with Crippen molar-refractivity contribution in [3.8, 4) is 6.07 Å². The Morgan fingerprint density at radius 2 is 2.05 bits per heavy atom. The molecule has 0 saturated carbocycles. The molecule has 0 bridgehead atoms. The monoisotopic (exact) mass is 269 g/mol. The Balaban J connectivity index is 2.57. The van der Waals surface area contributed by atoms with Crippen LogP contribution < -0.4 is 10.2 Å². The van der Waals surface area contributed by atoms with Crippen LogP contribution in [0.1, 0.15) is 20.3 Å². The van der Waals surface area contributed by atoms with Crippen LogP contribution in [0.2, 0.25) is 0 Å². The Hall–Kier alpha value is -2.35. The van der Waals surface area contributed by atoms with E-state index in [1.54, 1.807) is 0 Å². The molecular weight excluding hydrogens is 250 g/mol. The summed E-state index contributed by atoms with van der Waals surface area (Å²) in [5, 5.41) is 12.8. The number of para-hydroxylation sites is 1. The molecule has 0 aliphatic rings. The van der Waals surface area contributed by atoms with E-state index in [9.17, 15) is 0 Å². The predicted octanol–water partition coefficient (Wildman–Crippen LogP) is 2.80. The molecule has 0 atom stereocenters. The average molecular weight is 269 g/mol. The minimum absolute atomic E-state index is 0.270. The van der Waals surface area contributed by atoms with Gasteiger partial charge in [-0.25, -0.2) is 4.98 Å². The van der Waals surface area contributed by atoms with Crippen LogP contribution in [0.15, 0.2) is 24.3 Å². The van der Waals surface area contributed by atoms with E-state index in [1.807, 2.05) is 31.3 Å². The number of aromatic nitrogens is 2. The standard InChI is InChI=1S/C15H19N5/c1-11(2)20(10-6-9-16)14-12-7-4-5-8-13(12)18-15(17-3)19-14/h4-5,7-8,11H,6,10H2,1-3H3,(H,17,18,19). The minimum Gasteiger partial charge on any atom is -0.357 e. The largest absolute Gasteiger partial charge is 0.357 e. The molecule has 0 aliphatic heterocycles. The molecule has 1 N–H and O–H groups in total.